The van der Waals surface area contributed by atoms with Crippen LogP contribution in [-0.2, 0) is 25.7 Å². The maximum atomic E-state index is 7.07. The molecule has 252 valence electrons. The molecule has 0 saturated carbocycles. The van der Waals surface area contributed by atoms with Crippen molar-refractivity contribution < 1.29 is 33.2 Å². The highest BCUT2D eigenvalue weighted by atomic mass is 16.6. The zero-order valence-corrected chi connectivity index (χ0v) is 28.8. The molecule has 4 aliphatic rings. The van der Waals surface area contributed by atoms with E-state index in [1.165, 1.54) is 11.1 Å². The lowest BCUT2D eigenvalue weighted by molar-refractivity contribution is 0.216. The Morgan fingerprint density at radius 1 is 0.604 bits per heavy atom. The third-order valence-corrected chi connectivity index (χ3v) is 10.2. The van der Waals surface area contributed by atoms with Crippen molar-refractivity contribution in [1.82, 2.24) is 9.80 Å². The fraction of sp³-hybridized carbons (Fsp3) is 0.385. The molecule has 4 aromatic rings. The molecule has 4 aromatic carbocycles. The molecule has 8 rings (SSSR count). The first kappa shape index (κ1) is 32.0. The molecular weight excluding hydrogens is 608 g/mol. The quantitative estimate of drug-likeness (QED) is 0.223. The monoisotopic (exact) mass is 652 g/mol. The molecule has 6 bridgehead atoms. The molecule has 0 aliphatic carbocycles. The molecule has 4 aliphatic heterocycles. The summed E-state index contributed by atoms with van der Waals surface area (Å²) < 4.78 is 43.3. The van der Waals surface area contributed by atoms with Crippen molar-refractivity contribution in [2.24, 2.45) is 0 Å². The molecule has 0 unspecified atom stereocenters. The van der Waals surface area contributed by atoms with Crippen LogP contribution in [0.4, 0.5) is 0 Å². The van der Waals surface area contributed by atoms with Crippen LogP contribution < -0.4 is 33.2 Å². The van der Waals surface area contributed by atoms with Gasteiger partial charge in [0.1, 0.15) is 5.75 Å². The second kappa shape index (κ2) is 13.1. The van der Waals surface area contributed by atoms with Crippen molar-refractivity contribution in [3.8, 4) is 51.7 Å². The number of fused-ring (bicyclic) bond motifs is 2. The number of likely N-dealkylation sites (N-methyl/N-ethyl adjacent to an activating group) is 2. The number of benzene rings is 4. The Kier molecular flexibility index (Phi) is 8.74. The maximum absolute atomic E-state index is 7.07. The Labute approximate surface area is 282 Å². The Hall–Kier alpha value is -4.60. The fourth-order valence-corrected chi connectivity index (χ4v) is 7.58. The molecule has 0 fully saturated rings. The topological polar surface area (TPSA) is 71.1 Å². The molecule has 9 heteroatoms. The average molecular weight is 653 g/mol. The largest absolute Gasteiger partial charge is 0.493 e. The van der Waals surface area contributed by atoms with Crippen LogP contribution in [0.3, 0.4) is 0 Å². The van der Waals surface area contributed by atoms with Gasteiger partial charge in [-0.2, -0.15) is 0 Å². The molecule has 9 nitrogen and oxygen atoms in total. The number of hydrogen-bond donors (Lipinski definition) is 0. The number of hydrogen-bond acceptors (Lipinski definition) is 9. The van der Waals surface area contributed by atoms with Crippen LogP contribution in [0.5, 0.6) is 51.7 Å². The zero-order valence-electron chi connectivity index (χ0n) is 28.8. The number of nitrogens with zero attached hydrogens (tertiary/aromatic N) is 2. The molecule has 0 amide bonds. The van der Waals surface area contributed by atoms with Gasteiger partial charge in [0.25, 0.3) is 0 Å². The van der Waals surface area contributed by atoms with E-state index in [-0.39, 0.29) is 12.1 Å². The van der Waals surface area contributed by atoms with Crippen molar-refractivity contribution in [2.75, 3.05) is 62.7 Å². The predicted octanol–water partition coefficient (Wildman–Crippen LogP) is 7.17. The van der Waals surface area contributed by atoms with E-state index in [4.69, 9.17) is 33.2 Å². The summed E-state index contributed by atoms with van der Waals surface area (Å²) in [5.74, 6) is 5.74. The van der Waals surface area contributed by atoms with Crippen LogP contribution >= 0.6 is 0 Å². The molecule has 0 saturated heterocycles. The zero-order chi connectivity index (χ0) is 33.5. The van der Waals surface area contributed by atoms with E-state index in [0.717, 1.165) is 66.8 Å². The first-order valence-corrected chi connectivity index (χ1v) is 16.4. The fourth-order valence-electron chi connectivity index (χ4n) is 7.58. The highest BCUT2D eigenvalue weighted by molar-refractivity contribution is 5.70. The Bertz CT molecular complexity index is 1820. The van der Waals surface area contributed by atoms with E-state index in [1.54, 1.807) is 35.5 Å². The van der Waals surface area contributed by atoms with Crippen LogP contribution in [0, 0.1) is 0 Å². The smallest absolute Gasteiger partial charge is 0.208 e. The van der Waals surface area contributed by atoms with Gasteiger partial charge in [0, 0.05) is 36.3 Å². The minimum Gasteiger partial charge on any atom is -0.493 e. The van der Waals surface area contributed by atoms with Crippen LogP contribution in [-0.4, -0.2) is 72.5 Å². The molecule has 2 atom stereocenters. The van der Waals surface area contributed by atoms with E-state index in [0.29, 0.717) is 46.0 Å². The summed E-state index contributed by atoms with van der Waals surface area (Å²) in [6.07, 6.45) is 3.18. The van der Waals surface area contributed by atoms with Gasteiger partial charge >= 0.3 is 0 Å². The summed E-state index contributed by atoms with van der Waals surface area (Å²) >= 11 is 0. The summed E-state index contributed by atoms with van der Waals surface area (Å²) in [6, 6.07) is 18.9. The SMILES string of the molecule is COc1ccc2cc1Oc1ccc(cc1)C[C@@H]1c3c(c(OC)c(OC)c(OC)c3Oc3cc4c(cc3OC)CCN(C)[C@H]4C2)CCN1C. The second-order valence-corrected chi connectivity index (χ2v) is 12.8. The van der Waals surface area contributed by atoms with E-state index < -0.39 is 0 Å². The van der Waals surface area contributed by atoms with Crippen molar-refractivity contribution in [1.29, 1.82) is 0 Å². The standard InChI is InChI=1S/C39H44N2O7/c1-40-16-14-25-21-32(43-4)34-22-28(25)29(40)19-24-10-13-31(42-3)33(20-24)47-26-11-8-23(9-12-26)18-30-35-27(15-17-41(30)2)36(44-5)38(45-6)39(46-7)37(35)48-34/h8-13,20-22,29-30H,14-19H2,1-7H3/t29-,30+/m0/s1. The van der Waals surface area contributed by atoms with E-state index >= 15 is 0 Å². The van der Waals surface area contributed by atoms with Crippen molar-refractivity contribution in [3.63, 3.8) is 0 Å². The Balaban J connectivity index is 1.48. The maximum Gasteiger partial charge on any atom is 0.208 e. The van der Waals surface area contributed by atoms with Crippen LogP contribution in [0.1, 0.15) is 45.5 Å². The number of rotatable bonds is 5. The number of methoxy groups -OCH3 is 5. The van der Waals surface area contributed by atoms with Crippen LogP contribution in [0.2, 0.25) is 0 Å². The average Bonchev–Trinajstić information content (AvgIpc) is 3.10. The Morgan fingerprint density at radius 2 is 1.25 bits per heavy atom. The lowest BCUT2D eigenvalue weighted by Crippen LogP contribution is -2.34. The molecule has 48 heavy (non-hydrogen) atoms. The molecule has 0 aromatic heterocycles. The normalized spacial score (nSPS) is 18.8. The third-order valence-electron chi connectivity index (χ3n) is 10.2. The molecular formula is C39H44N2O7. The van der Waals surface area contributed by atoms with Crippen molar-refractivity contribution in [3.05, 3.63) is 88.0 Å². The minimum absolute atomic E-state index is 0.0395. The van der Waals surface area contributed by atoms with Gasteiger partial charge in [-0.05, 0) is 98.4 Å². The van der Waals surface area contributed by atoms with Gasteiger partial charge in [-0.25, -0.2) is 0 Å². The third kappa shape index (κ3) is 5.54. The Morgan fingerprint density at radius 3 is 1.96 bits per heavy atom. The summed E-state index contributed by atoms with van der Waals surface area (Å²) in [4.78, 5) is 4.78. The summed E-state index contributed by atoms with van der Waals surface area (Å²) in [7, 11) is 12.7. The summed E-state index contributed by atoms with van der Waals surface area (Å²) in [5.41, 5.74) is 6.84. The van der Waals surface area contributed by atoms with Crippen molar-refractivity contribution >= 4 is 0 Å². The first-order chi connectivity index (χ1) is 23.4. The van der Waals surface area contributed by atoms with Gasteiger partial charge in [0.2, 0.25) is 11.5 Å². The van der Waals surface area contributed by atoms with E-state index in [2.05, 4.69) is 60.3 Å². The van der Waals surface area contributed by atoms with Crippen LogP contribution in [0.15, 0.2) is 54.6 Å². The van der Waals surface area contributed by atoms with E-state index in [1.807, 2.05) is 18.2 Å². The highest BCUT2D eigenvalue weighted by Crippen LogP contribution is 2.56. The van der Waals surface area contributed by atoms with Gasteiger partial charge in [-0.15, -0.1) is 0 Å². The summed E-state index contributed by atoms with van der Waals surface area (Å²) in [5, 5.41) is 0. The van der Waals surface area contributed by atoms with Crippen LogP contribution in [0.25, 0.3) is 0 Å². The minimum atomic E-state index is -0.0395. The first-order valence-electron chi connectivity index (χ1n) is 16.4. The van der Waals surface area contributed by atoms with Gasteiger partial charge in [0.15, 0.2) is 34.5 Å². The second-order valence-electron chi connectivity index (χ2n) is 12.8. The predicted molar refractivity (Wildman–Crippen MR) is 184 cm³/mol. The van der Waals surface area contributed by atoms with E-state index in [9.17, 15) is 0 Å². The highest BCUT2D eigenvalue weighted by Gasteiger charge is 2.37. The lowest BCUT2D eigenvalue weighted by atomic mass is 9.86. The molecule has 0 N–H and O–H groups in total. The van der Waals surface area contributed by atoms with Gasteiger partial charge in [0.05, 0.1) is 35.5 Å². The van der Waals surface area contributed by atoms with Gasteiger partial charge in [-0.1, -0.05) is 18.2 Å². The molecule has 0 radical (unpaired) electrons. The van der Waals surface area contributed by atoms with Gasteiger partial charge in [-0.3, -0.25) is 9.80 Å². The van der Waals surface area contributed by atoms with Gasteiger partial charge < -0.3 is 33.2 Å². The lowest BCUT2D eigenvalue weighted by Gasteiger charge is -2.38. The number of ether oxygens (including phenoxy) is 7. The molecule has 0 spiro atoms. The summed E-state index contributed by atoms with van der Waals surface area (Å²) in [6.45, 7) is 1.77. The molecule has 4 heterocycles. The van der Waals surface area contributed by atoms with Crippen molar-refractivity contribution in [2.45, 2.75) is 37.8 Å².